The maximum absolute atomic E-state index is 14.2. The lowest BCUT2D eigenvalue weighted by Gasteiger charge is -2.39. The van der Waals surface area contributed by atoms with E-state index in [1.807, 2.05) is 51.1 Å². The number of likely N-dealkylation sites (N-methyl/N-ethyl adjacent to an activating group) is 1. The number of benzene rings is 1. The van der Waals surface area contributed by atoms with Gasteiger partial charge in [-0.3, -0.25) is 19.2 Å². The minimum atomic E-state index is -1.22. The minimum absolute atomic E-state index is 0.105. The fourth-order valence-corrected chi connectivity index (χ4v) is 7.18. The number of hydrogen-bond acceptors (Lipinski definition) is 7. The average Bonchev–Trinajstić information content (AvgIpc) is 3.67. The van der Waals surface area contributed by atoms with Crippen LogP contribution >= 0.6 is 0 Å². The average molecular weight is 610 g/mol. The Morgan fingerprint density at radius 2 is 1.84 bits per heavy atom. The first kappa shape index (κ1) is 33.4. The number of fused-ring (bicyclic) bond motifs is 1. The van der Waals surface area contributed by atoms with Crippen molar-refractivity contribution in [1.29, 1.82) is 0 Å². The zero-order chi connectivity index (χ0) is 32.3. The fourth-order valence-electron chi connectivity index (χ4n) is 7.18. The van der Waals surface area contributed by atoms with Crippen molar-refractivity contribution in [2.45, 2.75) is 95.4 Å². The molecule has 1 N–H and O–H groups in total. The highest BCUT2D eigenvalue weighted by atomic mass is 16.6. The number of rotatable bonds is 14. The molecule has 3 fully saturated rings. The van der Waals surface area contributed by atoms with Crippen LogP contribution in [0.2, 0.25) is 0 Å². The van der Waals surface area contributed by atoms with Crippen molar-refractivity contribution in [3.8, 4) is 0 Å². The molecule has 240 valence electrons. The van der Waals surface area contributed by atoms with E-state index in [1.165, 1.54) is 4.90 Å². The molecule has 0 saturated carbocycles. The van der Waals surface area contributed by atoms with Crippen LogP contribution < -0.4 is 0 Å². The van der Waals surface area contributed by atoms with Crippen LogP contribution in [0.4, 0.5) is 0 Å². The van der Waals surface area contributed by atoms with Crippen molar-refractivity contribution in [2.75, 3.05) is 20.2 Å². The Morgan fingerprint density at radius 3 is 2.43 bits per heavy atom. The molecule has 3 heterocycles. The molecule has 3 aliphatic heterocycles. The molecule has 3 saturated heterocycles. The van der Waals surface area contributed by atoms with Crippen molar-refractivity contribution < 1.29 is 33.8 Å². The van der Waals surface area contributed by atoms with Gasteiger partial charge in [-0.15, -0.1) is 13.2 Å². The maximum atomic E-state index is 14.2. The molecule has 44 heavy (non-hydrogen) atoms. The molecule has 8 atom stereocenters. The third-order valence-corrected chi connectivity index (χ3v) is 9.59. The summed E-state index contributed by atoms with van der Waals surface area (Å²) < 4.78 is 12.8. The lowest BCUT2D eigenvalue weighted by molar-refractivity contribution is -0.165. The predicted octanol–water partition coefficient (Wildman–Crippen LogP) is 3.26. The van der Waals surface area contributed by atoms with E-state index in [-0.39, 0.29) is 37.4 Å². The van der Waals surface area contributed by atoms with Crippen molar-refractivity contribution in [2.24, 2.45) is 11.8 Å². The van der Waals surface area contributed by atoms with Gasteiger partial charge in [0.2, 0.25) is 17.7 Å². The standard InChI is InChI=1S/C34H47N3O7/c1-8-10-16-26(39)35(7)23(6)29(24-14-12-11-13-15-24)43-33(42)27-25-17-18-34(44-25)28(27)31(40)37(22(5)20-38)30(34)32(41)36(19-9-2)21(3)4/h8-9,11-15,21-23,25,27-30,38H,1-2,10,16-20H2,3-7H3/t22-,23+,25-,27+,28+,29-,30-,34+/m1/s1. The first-order valence-corrected chi connectivity index (χ1v) is 15.6. The largest absolute Gasteiger partial charge is 0.455 e. The Balaban J connectivity index is 1.69. The summed E-state index contributed by atoms with van der Waals surface area (Å²) in [6.45, 7) is 14.7. The second kappa shape index (κ2) is 13.6. The van der Waals surface area contributed by atoms with Gasteiger partial charge in [0.05, 0.1) is 36.6 Å². The minimum Gasteiger partial charge on any atom is -0.455 e. The summed E-state index contributed by atoms with van der Waals surface area (Å²) in [5.41, 5.74) is -0.500. The SMILES string of the molecule is C=CCCC(=O)N(C)[C@@H](C)[C@@H](OC(=O)[C@@H]1[C@H]2C(=O)N([C@H](C)CO)[C@H](C(=O)N(CC=C)C(C)C)[C@]23CC[C@H]1O3)c1ccccc1. The molecular weight excluding hydrogens is 562 g/mol. The van der Waals surface area contributed by atoms with E-state index in [2.05, 4.69) is 13.2 Å². The van der Waals surface area contributed by atoms with Crippen molar-refractivity contribution in [1.82, 2.24) is 14.7 Å². The maximum Gasteiger partial charge on any atom is 0.313 e. The van der Waals surface area contributed by atoms with E-state index >= 15 is 0 Å². The highest BCUT2D eigenvalue weighted by Crippen LogP contribution is 2.59. The highest BCUT2D eigenvalue weighted by Gasteiger charge is 2.75. The van der Waals surface area contributed by atoms with Gasteiger partial charge in [0.1, 0.15) is 17.7 Å². The number of nitrogens with zero attached hydrogens (tertiary/aromatic N) is 3. The molecule has 10 nitrogen and oxygen atoms in total. The van der Waals surface area contributed by atoms with Gasteiger partial charge < -0.3 is 29.3 Å². The summed E-state index contributed by atoms with van der Waals surface area (Å²) in [6, 6.07) is 6.88. The first-order chi connectivity index (χ1) is 20.9. The summed E-state index contributed by atoms with van der Waals surface area (Å²) in [5, 5.41) is 10.1. The van der Waals surface area contributed by atoms with Crippen molar-refractivity contribution in [3.05, 3.63) is 61.2 Å². The van der Waals surface area contributed by atoms with E-state index in [0.29, 0.717) is 24.8 Å². The van der Waals surface area contributed by atoms with E-state index in [4.69, 9.17) is 9.47 Å². The van der Waals surface area contributed by atoms with Crippen LogP contribution in [0.3, 0.4) is 0 Å². The molecule has 0 unspecified atom stereocenters. The van der Waals surface area contributed by atoms with Crippen LogP contribution in [0.15, 0.2) is 55.6 Å². The fraction of sp³-hybridized carbons (Fsp3) is 0.588. The third kappa shape index (κ3) is 5.81. The second-order valence-electron chi connectivity index (χ2n) is 12.5. The summed E-state index contributed by atoms with van der Waals surface area (Å²) in [6.07, 6.45) is 3.66. The van der Waals surface area contributed by atoms with Crippen LogP contribution in [0.25, 0.3) is 0 Å². The molecule has 3 aliphatic rings. The molecule has 4 rings (SSSR count). The smallest absolute Gasteiger partial charge is 0.313 e. The normalized spacial score (nSPS) is 27.4. The van der Waals surface area contributed by atoms with Gasteiger partial charge in [-0.2, -0.15) is 0 Å². The Morgan fingerprint density at radius 1 is 1.16 bits per heavy atom. The number of allylic oxidation sites excluding steroid dienone is 1. The number of ether oxygens (including phenoxy) is 2. The number of likely N-dealkylation sites (tertiary alicyclic amines) is 1. The first-order valence-electron chi connectivity index (χ1n) is 15.6. The lowest BCUT2D eigenvalue weighted by atomic mass is 9.70. The van der Waals surface area contributed by atoms with Gasteiger partial charge in [-0.25, -0.2) is 0 Å². The summed E-state index contributed by atoms with van der Waals surface area (Å²) in [5.74, 6) is -3.26. The molecule has 0 radical (unpaired) electrons. The zero-order valence-electron chi connectivity index (χ0n) is 26.6. The number of carbonyl (C=O) groups excluding carboxylic acids is 4. The molecule has 0 aromatic heterocycles. The summed E-state index contributed by atoms with van der Waals surface area (Å²) in [4.78, 5) is 60.1. The molecule has 1 aromatic carbocycles. The third-order valence-electron chi connectivity index (χ3n) is 9.59. The summed E-state index contributed by atoms with van der Waals surface area (Å²) >= 11 is 0. The van der Waals surface area contributed by atoms with Crippen LogP contribution in [-0.4, -0.2) is 99.6 Å². The van der Waals surface area contributed by atoms with Crippen molar-refractivity contribution >= 4 is 23.7 Å². The van der Waals surface area contributed by atoms with E-state index < -0.39 is 59.6 Å². The summed E-state index contributed by atoms with van der Waals surface area (Å²) in [7, 11) is 1.68. The number of aliphatic hydroxyl groups is 1. The van der Waals surface area contributed by atoms with Crippen LogP contribution in [-0.2, 0) is 28.7 Å². The van der Waals surface area contributed by atoms with Gasteiger partial charge in [-0.1, -0.05) is 42.5 Å². The number of esters is 1. The molecule has 1 spiro atoms. The van der Waals surface area contributed by atoms with E-state index in [0.717, 1.165) is 0 Å². The van der Waals surface area contributed by atoms with Gasteiger partial charge >= 0.3 is 5.97 Å². The molecule has 2 bridgehead atoms. The number of carbonyl (C=O) groups is 4. The second-order valence-corrected chi connectivity index (χ2v) is 12.5. The Labute approximate surface area is 260 Å². The Kier molecular flexibility index (Phi) is 10.4. The lowest BCUT2D eigenvalue weighted by Crippen LogP contribution is -2.59. The molecular formula is C34H47N3O7. The Bertz CT molecular complexity index is 1250. The zero-order valence-corrected chi connectivity index (χ0v) is 26.6. The number of amides is 3. The van der Waals surface area contributed by atoms with Crippen LogP contribution in [0, 0.1) is 11.8 Å². The van der Waals surface area contributed by atoms with E-state index in [1.54, 1.807) is 35.9 Å². The van der Waals surface area contributed by atoms with Crippen LogP contribution in [0.5, 0.6) is 0 Å². The van der Waals surface area contributed by atoms with Gasteiger partial charge in [0, 0.05) is 26.1 Å². The van der Waals surface area contributed by atoms with E-state index in [9.17, 15) is 24.3 Å². The van der Waals surface area contributed by atoms with Gasteiger partial charge in [-0.05, 0) is 52.5 Å². The number of aliphatic hydroxyl groups excluding tert-OH is 1. The highest BCUT2D eigenvalue weighted by molar-refractivity contribution is 5.98. The monoisotopic (exact) mass is 609 g/mol. The van der Waals surface area contributed by atoms with Gasteiger partial charge in [0.25, 0.3) is 0 Å². The van der Waals surface area contributed by atoms with Crippen LogP contribution in [0.1, 0.15) is 65.0 Å². The van der Waals surface area contributed by atoms with Gasteiger partial charge in [0.15, 0.2) is 0 Å². The molecule has 3 amide bonds. The number of hydrogen-bond donors (Lipinski definition) is 1. The topological polar surface area (TPSA) is 117 Å². The predicted molar refractivity (Wildman–Crippen MR) is 165 cm³/mol. The molecule has 0 aliphatic carbocycles. The quantitative estimate of drug-likeness (QED) is 0.254. The molecule has 1 aromatic rings. The Hall–Kier alpha value is -3.50. The molecule has 10 heteroatoms. The van der Waals surface area contributed by atoms with Crippen molar-refractivity contribution in [3.63, 3.8) is 0 Å².